The van der Waals surface area contributed by atoms with E-state index in [1.165, 1.54) is 0 Å². The SMILES string of the molecule is Brc1cccc(C=NOCc2ccccc2)c1. The smallest absolute Gasteiger partial charge is 0.142 e. The summed E-state index contributed by atoms with van der Waals surface area (Å²) >= 11 is 3.41. The second-order valence-electron chi connectivity index (χ2n) is 3.55. The van der Waals surface area contributed by atoms with Crippen LogP contribution in [0.3, 0.4) is 0 Å². The molecule has 0 bridgehead atoms. The molecule has 2 aromatic carbocycles. The largest absolute Gasteiger partial charge is 0.391 e. The topological polar surface area (TPSA) is 21.6 Å². The maximum Gasteiger partial charge on any atom is 0.142 e. The van der Waals surface area contributed by atoms with Crippen LogP contribution in [0.4, 0.5) is 0 Å². The lowest BCUT2D eigenvalue weighted by Gasteiger charge is -1.99. The van der Waals surface area contributed by atoms with Gasteiger partial charge in [-0.3, -0.25) is 0 Å². The number of oxime groups is 1. The Labute approximate surface area is 109 Å². The molecule has 0 saturated carbocycles. The summed E-state index contributed by atoms with van der Waals surface area (Å²) in [4.78, 5) is 5.22. The third-order valence-corrected chi connectivity index (χ3v) is 2.69. The van der Waals surface area contributed by atoms with E-state index in [1.54, 1.807) is 6.21 Å². The van der Waals surface area contributed by atoms with Gasteiger partial charge in [0.25, 0.3) is 0 Å². The van der Waals surface area contributed by atoms with Crippen molar-refractivity contribution in [3.05, 3.63) is 70.2 Å². The van der Waals surface area contributed by atoms with E-state index in [0.717, 1.165) is 15.6 Å². The number of rotatable bonds is 4. The molecule has 2 aromatic rings. The zero-order valence-corrected chi connectivity index (χ0v) is 10.8. The van der Waals surface area contributed by atoms with Gasteiger partial charge in [-0.2, -0.15) is 0 Å². The molecule has 17 heavy (non-hydrogen) atoms. The van der Waals surface area contributed by atoms with Crippen LogP contribution in [0.2, 0.25) is 0 Å². The van der Waals surface area contributed by atoms with Crippen molar-refractivity contribution in [1.82, 2.24) is 0 Å². The van der Waals surface area contributed by atoms with E-state index in [9.17, 15) is 0 Å². The summed E-state index contributed by atoms with van der Waals surface area (Å²) in [5, 5.41) is 3.93. The van der Waals surface area contributed by atoms with E-state index in [4.69, 9.17) is 4.84 Å². The number of nitrogens with zero attached hydrogens (tertiary/aromatic N) is 1. The van der Waals surface area contributed by atoms with Crippen molar-refractivity contribution in [1.29, 1.82) is 0 Å². The molecule has 2 nitrogen and oxygen atoms in total. The Kier molecular flexibility index (Phi) is 4.33. The van der Waals surface area contributed by atoms with E-state index in [-0.39, 0.29) is 0 Å². The van der Waals surface area contributed by atoms with E-state index in [2.05, 4.69) is 21.1 Å². The lowest BCUT2D eigenvalue weighted by atomic mass is 10.2. The molecule has 0 unspecified atom stereocenters. The first kappa shape index (κ1) is 11.9. The summed E-state index contributed by atoms with van der Waals surface area (Å²) in [6.45, 7) is 0.491. The molecule has 0 atom stereocenters. The molecule has 0 spiro atoms. The van der Waals surface area contributed by atoms with Gasteiger partial charge < -0.3 is 4.84 Å². The van der Waals surface area contributed by atoms with Crippen molar-refractivity contribution in [2.75, 3.05) is 0 Å². The van der Waals surface area contributed by atoms with Gasteiger partial charge in [0.15, 0.2) is 0 Å². The van der Waals surface area contributed by atoms with Crippen molar-refractivity contribution in [3.8, 4) is 0 Å². The normalized spacial score (nSPS) is 10.6. The van der Waals surface area contributed by atoms with Crippen LogP contribution in [0.15, 0.2) is 64.2 Å². The van der Waals surface area contributed by atoms with Crippen LogP contribution in [0, 0.1) is 0 Å². The lowest BCUT2D eigenvalue weighted by molar-refractivity contribution is 0.132. The third kappa shape index (κ3) is 4.04. The van der Waals surface area contributed by atoms with Gasteiger partial charge in [-0.25, -0.2) is 0 Å². The minimum Gasteiger partial charge on any atom is -0.391 e. The van der Waals surface area contributed by atoms with E-state index < -0.39 is 0 Å². The van der Waals surface area contributed by atoms with Crippen molar-refractivity contribution < 1.29 is 4.84 Å². The Balaban J connectivity index is 1.86. The molecule has 0 amide bonds. The minimum atomic E-state index is 0.491. The van der Waals surface area contributed by atoms with Gasteiger partial charge in [-0.05, 0) is 23.3 Å². The van der Waals surface area contributed by atoms with E-state index in [1.807, 2.05) is 54.6 Å². The van der Waals surface area contributed by atoms with Crippen LogP contribution < -0.4 is 0 Å². The molecular formula is C14H12BrNO. The highest BCUT2D eigenvalue weighted by Crippen LogP contribution is 2.10. The average molecular weight is 290 g/mol. The molecule has 0 N–H and O–H groups in total. The number of hydrogen-bond donors (Lipinski definition) is 0. The predicted octanol–water partition coefficient (Wildman–Crippen LogP) is 4.00. The highest BCUT2D eigenvalue weighted by Gasteiger charge is 1.91. The van der Waals surface area contributed by atoms with Crippen molar-refractivity contribution >= 4 is 22.1 Å². The van der Waals surface area contributed by atoms with Crippen LogP contribution in [0.25, 0.3) is 0 Å². The summed E-state index contributed by atoms with van der Waals surface area (Å²) in [6.07, 6.45) is 1.70. The number of halogens is 1. The Morgan fingerprint density at radius 1 is 1.06 bits per heavy atom. The Hall–Kier alpha value is -1.61. The van der Waals surface area contributed by atoms with Gasteiger partial charge >= 0.3 is 0 Å². The molecule has 0 aliphatic carbocycles. The van der Waals surface area contributed by atoms with Gasteiger partial charge in [0, 0.05) is 4.47 Å². The molecule has 2 rings (SSSR count). The quantitative estimate of drug-likeness (QED) is 0.616. The molecule has 0 saturated heterocycles. The second kappa shape index (κ2) is 6.21. The molecule has 0 aliphatic heterocycles. The first-order valence-corrected chi connectivity index (χ1v) is 6.09. The van der Waals surface area contributed by atoms with Gasteiger partial charge in [-0.15, -0.1) is 0 Å². The Morgan fingerprint density at radius 2 is 1.88 bits per heavy atom. The van der Waals surface area contributed by atoms with Gasteiger partial charge in [0.1, 0.15) is 6.61 Å². The summed E-state index contributed by atoms with van der Waals surface area (Å²) in [6, 6.07) is 17.9. The Morgan fingerprint density at radius 3 is 2.65 bits per heavy atom. The van der Waals surface area contributed by atoms with Crippen LogP contribution >= 0.6 is 15.9 Å². The molecule has 0 radical (unpaired) electrons. The van der Waals surface area contributed by atoms with Crippen molar-refractivity contribution in [3.63, 3.8) is 0 Å². The van der Waals surface area contributed by atoms with Crippen LogP contribution in [-0.4, -0.2) is 6.21 Å². The highest BCUT2D eigenvalue weighted by atomic mass is 79.9. The second-order valence-corrected chi connectivity index (χ2v) is 4.46. The van der Waals surface area contributed by atoms with E-state index >= 15 is 0 Å². The fourth-order valence-corrected chi connectivity index (χ4v) is 1.79. The van der Waals surface area contributed by atoms with Crippen LogP contribution in [-0.2, 0) is 11.4 Å². The lowest BCUT2D eigenvalue weighted by Crippen LogP contribution is -1.87. The summed E-state index contributed by atoms with van der Waals surface area (Å²) in [5.41, 5.74) is 2.12. The summed E-state index contributed by atoms with van der Waals surface area (Å²) in [7, 11) is 0. The summed E-state index contributed by atoms with van der Waals surface area (Å²) < 4.78 is 1.03. The predicted molar refractivity (Wildman–Crippen MR) is 73.0 cm³/mol. The number of hydrogen-bond acceptors (Lipinski definition) is 2. The monoisotopic (exact) mass is 289 g/mol. The minimum absolute atomic E-state index is 0.491. The highest BCUT2D eigenvalue weighted by molar-refractivity contribution is 9.10. The standard InChI is InChI=1S/C14H12BrNO/c15-14-8-4-7-13(9-14)10-16-17-11-12-5-2-1-3-6-12/h1-10H,11H2. The summed E-state index contributed by atoms with van der Waals surface area (Å²) in [5.74, 6) is 0. The van der Waals surface area contributed by atoms with Gasteiger partial charge in [0.05, 0.1) is 6.21 Å². The Bertz CT molecular complexity index is 497. The maximum atomic E-state index is 5.22. The van der Waals surface area contributed by atoms with Crippen LogP contribution in [0.5, 0.6) is 0 Å². The molecule has 0 aliphatic rings. The molecule has 86 valence electrons. The molecule has 0 aromatic heterocycles. The van der Waals surface area contributed by atoms with Gasteiger partial charge in [-0.1, -0.05) is 63.6 Å². The van der Waals surface area contributed by atoms with E-state index in [0.29, 0.717) is 6.61 Å². The fourth-order valence-electron chi connectivity index (χ4n) is 1.37. The molecule has 0 fully saturated rings. The third-order valence-electron chi connectivity index (χ3n) is 2.20. The average Bonchev–Trinajstić information content (AvgIpc) is 2.36. The fraction of sp³-hybridized carbons (Fsp3) is 0.0714. The molecule has 0 heterocycles. The van der Waals surface area contributed by atoms with Crippen LogP contribution in [0.1, 0.15) is 11.1 Å². The first-order chi connectivity index (χ1) is 8.34. The molecule has 3 heteroatoms. The van der Waals surface area contributed by atoms with Gasteiger partial charge in [0.2, 0.25) is 0 Å². The zero-order valence-electron chi connectivity index (χ0n) is 9.21. The zero-order chi connectivity index (χ0) is 11.9. The maximum absolute atomic E-state index is 5.22. The first-order valence-electron chi connectivity index (χ1n) is 5.29. The number of benzene rings is 2. The molecular weight excluding hydrogens is 278 g/mol. The van der Waals surface area contributed by atoms with Crippen molar-refractivity contribution in [2.45, 2.75) is 6.61 Å². The van der Waals surface area contributed by atoms with Crippen molar-refractivity contribution in [2.24, 2.45) is 5.16 Å².